The van der Waals surface area contributed by atoms with E-state index < -0.39 is 0 Å². The molecule has 1 aromatic heterocycles. The van der Waals surface area contributed by atoms with Crippen molar-refractivity contribution in [3.05, 3.63) is 18.0 Å². The van der Waals surface area contributed by atoms with E-state index in [2.05, 4.69) is 24.3 Å². The van der Waals surface area contributed by atoms with Crippen molar-refractivity contribution in [2.24, 2.45) is 0 Å². The molecule has 1 rings (SSSR count). The lowest BCUT2D eigenvalue weighted by molar-refractivity contribution is 0.290. The Morgan fingerprint density at radius 3 is 3.07 bits per heavy atom. The van der Waals surface area contributed by atoms with Gasteiger partial charge < -0.3 is 10.4 Å². The SMILES string of the molecule is CC[C@H](C)n1nccc1CNCCO. The molecule has 1 aromatic rings. The number of rotatable bonds is 6. The molecule has 0 saturated heterocycles. The van der Waals surface area contributed by atoms with Gasteiger partial charge in [-0.25, -0.2) is 0 Å². The van der Waals surface area contributed by atoms with E-state index in [0.29, 0.717) is 12.6 Å². The van der Waals surface area contributed by atoms with Crippen molar-refractivity contribution in [1.29, 1.82) is 0 Å². The van der Waals surface area contributed by atoms with Crippen LogP contribution in [0.2, 0.25) is 0 Å². The van der Waals surface area contributed by atoms with Crippen molar-refractivity contribution >= 4 is 0 Å². The third-order valence-corrected chi connectivity index (χ3v) is 2.36. The van der Waals surface area contributed by atoms with Crippen LogP contribution in [-0.4, -0.2) is 28.0 Å². The summed E-state index contributed by atoms with van der Waals surface area (Å²) in [5, 5.41) is 16.1. The fourth-order valence-electron chi connectivity index (χ4n) is 1.35. The van der Waals surface area contributed by atoms with Crippen LogP contribution in [0.5, 0.6) is 0 Å². The van der Waals surface area contributed by atoms with Gasteiger partial charge in [-0.1, -0.05) is 6.92 Å². The molecule has 0 aliphatic rings. The molecule has 0 aliphatic heterocycles. The standard InChI is InChI=1S/C10H19N3O/c1-3-9(2)13-10(4-5-12-13)8-11-6-7-14/h4-5,9,11,14H,3,6-8H2,1-2H3/t9-/m0/s1. The molecule has 0 aromatic carbocycles. The van der Waals surface area contributed by atoms with Crippen LogP contribution < -0.4 is 5.32 Å². The van der Waals surface area contributed by atoms with Gasteiger partial charge in [-0.3, -0.25) is 4.68 Å². The van der Waals surface area contributed by atoms with Crippen LogP contribution in [-0.2, 0) is 6.54 Å². The van der Waals surface area contributed by atoms with Crippen LogP contribution in [0.15, 0.2) is 12.3 Å². The van der Waals surface area contributed by atoms with E-state index in [0.717, 1.165) is 13.0 Å². The maximum Gasteiger partial charge on any atom is 0.0556 e. The van der Waals surface area contributed by atoms with E-state index in [1.54, 1.807) is 0 Å². The lowest BCUT2D eigenvalue weighted by Gasteiger charge is -2.13. The molecule has 14 heavy (non-hydrogen) atoms. The summed E-state index contributed by atoms with van der Waals surface area (Å²) < 4.78 is 2.03. The first-order valence-electron chi connectivity index (χ1n) is 5.13. The van der Waals surface area contributed by atoms with Crippen LogP contribution >= 0.6 is 0 Å². The van der Waals surface area contributed by atoms with E-state index in [4.69, 9.17) is 5.11 Å². The molecule has 4 heteroatoms. The van der Waals surface area contributed by atoms with Crippen LogP contribution in [0, 0.1) is 0 Å². The highest BCUT2D eigenvalue weighted by atomic mass is 16.3. The third kappa shape index (κ3) is 2.82. The van der Waals surface area contributed by atoms with Gasteiger partial charge >= 0.3 is 0 Å². The Bertz CT molecular complexity index is 260. The Balaban J connectivity index is 2.53. The zero-order chi connectivity index (χ0) is 10.4. The Labute approximate surface area is 84.9 Å². The summed E-state index contributed by atoms with van der Waals surface area (Å²) in [5.41, 5.74) is 1.17. The molecule has 0 amide bonds. The topological polar surface area (TPSA) is 50.1 Å². The first-order valence-corrected chi connectivity index (χ1v) is 5.13. The second kappa shape index (κ2) is 5.78. The highest BCUT2D eigenvalue weighted by molar-refractivity contribution is 5.01. The largest absolute Gasteiger partial charge is 0.395 e. The summed E-state index contributed by atoms with van der Waals surface area (Å²) in [5.74, 6) is 0. The zero-order valence-corrected chi connectivity index (χ0v) is 8.90. The molecule has 1 heterocycles. The lowest BCUT2D eigenvalue weighted by Crippen LogP contribution is -2.21. The summed E-state index contributed by atoms with van der Waals surface area (Å²) in [7, 11) is 0. The summed E-state index contributed by atoms with van der Waals surface area (Å²) in [6.45, 7) is 5.88. The molecule has 0 bridgehead atoms. The average molecular weight is 197 g/mol. The summed E-state index contributed by atoms with van der Waals surface area (Å²) in [6.07, 6.45) is 2.90. The van der Waals surface area contributed by atoms with Gasteiger partial charge in [0.25, 0.3) is 0 Å². The molecule has 0 aliphatic carbocycles. The molecule has 2 N–H and O–H groups in total. The highest BCUT2D eigenvalue weighted by Gasteiger charge is 2.06. The van der Waals surface area contributed by atoms with Gasteiger partial charge in [-0.2, -0.15) is 5.10 Å². The summed E-state index contributed by atoms with van der Waals surface area (Å²) in [4.78, 5) is 0. The molecule has 0 radical (unpaired) electrons. The second-order valence-electron chi connectivity index (χ2n) is 3.42. The first-order chi connectivity index (χ1) is 6.79. The zero-order valence-electron chi connectivity index (χ0n) is 8.90. The smallest absolute Gasteiger partial charge is 0.0556 e. The minimum Gasteiger partial charge on any atom is -0.395 e. The molecule has 0 unspecified atom stereocenters. The number of hydrogen-bond acceptors (Lipinski definition) is 3. The predicted octanol–water partition coefficient (Wildman–Crippen LogP) is 0.936. The minimum atomic E-state index is 0.178. The van der Waals surface area contributed by atoms with Gasteiger partial charge in [0.05, 0.1) is 12.3 Å². The molecular weight excluding hydrogens is 178 g/mol. The Hall–Kier alpha value is -0.870. The third-order valence-electron chi connectivity index (χ3n) is 2.36. The maximum absolute atomic E-state index is 8.63. The molecular formula is C10H19N3O. The minimum absolute atomic E-state index is 0.178. The van der Waals surface area contributed by atoms with Gasteiger partial charge in [-0.15, -0.1) is 0 Å². The van der Waals surface area contributed by atoms with Gasteiger partial charge in [0.1, 0.15) is 0 Å². The van der Waals surface area contributed by atoms with Crippen molar-refractivity contribution < 1.29 is 5.11 Å². The number of hydrogen-bond donors (Lipinski definition) is 2. The monoisotopic (exact) mass is 197 g/mol. The average Bonchev–Trinajstić information content (AvgIpc) is 2.65. The predicted molar refractivity (Wildman–Crippen MR) is 56.0 cm³/mol. The number of nitrogens with zero attached hydrogens (tertiary/aromatic N) is 2. The Kier molecular flexibility index (Phi) is 4.62. The van der Waals surface area contributed by atoms with Crippen molar-refractivity contribution in [1.82, 2.24) is 15.1 Å². The van der Waals surface area contributed by atoms with Crippen LogP contribution in [0.4, 0.5) is 0 Å². The van der Waals surface area contributed by atoms with Crippen LogP contribution in [0.1, 0.15) is 32.0 Å². The Morgan fingerprint density at radius 1 is 1.64 bits per heavy atom. The molecule has 0 spiro atoms. The molecule has 4 nitrogen and oxygen atoms in total. The fourth-order valence-corrected chi connectivity index (χ4v) is 1.35. The molecule has 0 fully saturated rings. The normalized spacial score (nSPS) is 13.1. The van der Waals surface area contributed by atoms with Gasteiger partial charge in [-0.05, 0) is 19.4 Å². The molecule has 0 saturated carbocycles. The van der Waals surface area contributed by atoms with E-state index >= 15 is 0 Å². The van der Waals surface area contributed by atoms with E-state index in [1.165, 1.54) is 5.69 Å². The number of aliphatic hydroxyl groups is 1. The summed E-state index contributed by atoms with van der Waals surface area (Å²) in [6, 6.07) is 2.45. The quantitative estimate of drug-likeness (QED) is 0.667. The fraction of sp³-hybridized carbons (Fsp3) is 0.700. The molecule has 80 valence electrons. The highest BCUT2D eigenvalue weighted by Crippen LogP contribution is 2.11. The van der Waals surface area contributed by atoms with Crippen molar-refractivity contribution in [3.63, 3.8) is 0 Å². The Morgan fingerprint density at radius 2 is 2.43 bits per heavy atom. The molecule has 1 atom stereocenters. The van der Waals surface area contributed by atoms with Gasteiger partial charge in [0, 0.05) is 25.3 Å². The number of aliphatic hydroxyl groups excluding tert-OH is 1. The van der Waals surface area contributed by atoms with Crippen molar-refractivity contribution in [2.75, 3.05) is 13.2 Å². The van der Waals surface area contributed by atoms with Gasteiger partial charge in [0.15, 0.2) is 0 Å². The van der Waals surface area contributed by atoms with E-state index in [1.807, 2.05) is 16.9 Å². The van der Waals surface area contributed by atoms with Crippen LogP contribution in [0.3, 0.4) is 0 Å². The summed E-state index contributed by atoms with van der Waals surface area (Å²) >= 11 is 0. The van der Waals surface area contributed by atoms with E-state index in [-0.39, 0.29) is 6.61 Å². The van der Waals surface area contributed by atoms with Crippen molar-refractivity contribution in [3.8, 4) is 0 Å². The van der Waals surface area contributed by atoms with E-state index in [9.17, 15) is 0 Å². The van der Waals surface area contributed by atoms with Gasteiger partial charge in [0.2, 0.25) is 0 Å². The van der Waals surface area contributed by atoms with Crippen LogP contribution in [0.25, 0.3) is 0 Å². The lowest BCUT2D eigenvalue weighted by atomic mass is 10.2. The van der Waals surface area contributed by atoms with Crippen molar-refractivity contribution in [2.45, 2.75) is 32.9 Å². The number of nitrogens with one attached hydrogen (secondary N) is 1. The number of aromatic nitrogens is 2. The second-order valence-corrected chi connectivity index (χ2v) is 3.42. The first kappa shape index (κ1) is 11.2. The maximum atomic E-state index is 8.63.